The first kappa shape index (κ1) is 12.6. The highest BCUT2D eigenvalue weighted by atomic mass is 35.5. The van der Waals surface area contributed by atoms with Crippen LogP contribution in [0.5, 0.6) is 0 Å². The van der Waals surface area contributed by atoms with E-state index in [4.69, 9.17) is 11.6 Å². The minimum Gasteiger partial charge on any atom is -0.353 e. The summed E-state index contributed by atoms with van der Waals surface area (Å²) in [6, 6.07) is 0. The molecule has 2 atom stereocenters. The number of hydrogen-bond acceptors (Lipinski definition) is 4. The van der Waals surface area contributed by atoms with Gasteiger partial charge in [0, 0.05) is 11.9 Å². The first-order valence-corrected chi connectivity index (χ1v) is 6.64. The van der Waals surface area contributed by atoms with Gasteiger partial charge < -0.3 is 5.32 Å². The molecule has 1 heterocycles. The normalized spacial score (nSPS) is 24.6. The first-order valence-electron chi connectivity index (χ1n) is 6.21. The predicted octanol–water partition coefficient (Wildman–Crippen LogP) is 2.70. The summed E-state index contributed by atoms with van der Waals surface area (Å²) in [6.07, 6.45) is 4.72. The largest absolute Gasteiger partial charge is 0.353 e. The maximum Gasteiger partial charge on any atom is 0.242 e. The maximum absolute atomic E-state index is 6.17. The van der Waals surface area contributed by atoms with E-state index < -0.39 is 0 Å². The molecule has 0 bridgehead atoms. The van der Waals surface area contributed by atoms with E-state index in [0.717, 1.165) is 30.8 Å². The molecule has 0 radical (unpaired) electrons. The summed E-state index contributed by atoms with van der Waals surface area (Å²) in [4.78, 5) is 4.36. The van der Waals surface area contributed by atoms with Crippen molar-refractivity contribution in [3.63, 3.8) is 0 Å². The van der Waals surface area contributed by atoms with E-state index >= 15 is 0 Å². The number of anilines is 1. The molecule has 94 valence electrons. The van der Waals surface area contributed by atoms with Crippen LogP contribution in [0.1, 0.15) is 37.1 Å². The number of alkyl halides is 1. The number of rotatable bonds is 3. The fourth-order valence-electron chi connectivity index (χ4n) is 2.18. The van der Waals surface area contributed by atoms with Gasteiger partial charge in [0.2, 0.25) is 5.95 Å². The lowest BCUT2D eigenvalue weighted by Gasteiger charge is -2.25. The van der Waals surface area contributed by atoms with Crippen LogP contribution in [0.15, 0.2) is 0 Å². The van der Waals surface area contributed by atoms with Crippen molar-refractivity contribution in [2.75, 3.05) is 11.9 Å². The van der Waals surface area contributed by atoms with Gasteiger partial charge in [-0.05, 0) is 39.0 Å². The average molecular weight is 255 g/mol. The predicted molar refractivity (Wildman–Crippen MR) is 69.4 cm³/mol. The van der Waals surface area contributed by atoms with Gasteiger partial charge in [-0.3, -0.25) is 0 Å². The Morgan fingerprint density at radius 2 is 2.06 bits per heavy atom. The van der Waals surface area contributed by atoms with E-state index in [1.54, 1.807) is 0 Å². The van der Waals surface area contributed by atoms with Crippen molar-refractivity contribution < 1.29 is 0 Å². The molecule has 1 aliphatic carbocycles. The zero-order valence-electron chi connectivity index (χ0n) is 10.4. The molecule has 1 fully saturated rings. The Morgan fingerprint density at radius 1 is 1.24 bits per heavy atom. The zero-order chi connectivity index (χ0) is 12.3. The molecule has 0 aromatic carbocycles. The Hall–Kier alpha value is -0.900. The fourth-order valence-corrected chi connectivity index (χ4v) is 2.58. The van der Waals surface area contributed by atoms with Crippen molar-refractivity contribution in [2.45, 2.75) is 44.9 Å². The van der Waals surface area contributed by atoms with Crippen molar-refractivity contribution >= 4 is 17.5 Å². The Bertz CT molecular complexity index is 383. The van der Waals surface area contributed by atoms with Gasteiger partial charge in [0.25, 0.3) is 0 Å². The summed E-state index contributed by atoms with van der Waals surface area (Å²) in [7, 11) is 0. The SMILES string of the molecule is Cc1nnc(NCC2CCCC(Cl)C2)nc1C. The molecule has 1 aliphatic rings. The molecular weight excluding hydrogens is 236 g/mol. The molecule has 0 amide bonds. The van der Waals surface area contributed by atoms with Gasteiger partial charge in [0.1, 0.15) is 0 Å². The highest BCUT2D eigenvalue weighted by molar-refractivity contribution is 6.20. The molecule has 5 heteroatoms. The fraction of sp³-hybridized carbons (Fsp3) is 0.750. The average Bonchev–Trinajstić information content (AvgIpc) is 2.31. The number of aromatic nitrogens is 3. The van der Waals surface area contributed by atoms with Crippen molar-refractivity contribution in [3.05, 3.63) is 11.4 Å². The smallest absolute Gasteiger partial charge is 0.242 e. The second-order valence-electron chi connectivity index (χ2n) is 4.82. The van der Waals surface area contributed by atoms with Crippen LogP contribution in [0.3, 0.4) is 0 Å². The summed E-state index contributed by atoms with van der Waals surface area (Å²) in [5.41, 5.74) is 1.82. The van der Waals surface area contributed by atoms with Crippen molar-refractivity contribution in [2.24, 2.45) is 5.92 Å². The molecule has 1 N–H and O–H groups in total. The minimum atomic E-state index is 0.342. The van der Waals surface area contributed by atoms with Crippen molar-refractivity contribution in [3.8, 4) is 0 Å². The van der Waals surface area contributed by atoms with Gasteiger partial charge in [0.15, 0.2) is 0 Å². The Balaban J connectivity index is 1.86. The molecule has 0 aliphatic heterocycles. The summed E-state index contributed by atoms with van der Waals surface area (Å²) in [5.74, 6) is 1.27. The highest BCUT2D eigenvalue weighted by Gasteiger charge is 2.20. The van der Waals surface area contributed by atoms with Gasteiger partial charge in [-0.15, -0.1) is 16.7 Å². The molecule has 2 unspecified atom stereocenters. The lowest BCUT2D eigenvalue weighted by Crippen LogP contribution is -2.23. The van der Waals surface area contributed by atoms with Gasteiger partial charge >= 0.3 is 0 Å². The van der Waals surface area contributed by atoms with Gasteiger partial charge in [-0.25, -0.2) is 4.98 Å². The van der Waals surface area contributed by atoms with Crippen LogP contribution in [0.4, 0.5) is 5.95 Å². The minimum absolute atomic E-state index is 0.342. The Labute approximate surface area is 107 Å². The van der Waals surface area contributed by atoms with Crippen LogP contribution in [-0.2, 0) is 0 Å². The number of hydrogen-bond donors (Lipinski definition) is 1. The summed E-state index contributed by atoms with van der Waals surface area (Å²) in [6.45, 7) is 4.76. The molecule has 0 spiro atoms. The van der Waals surface area contributed by atoms with Crippen LogP contribution in [0.2, 0.25) is 0 Å². The molecular formula is C12H19ClN4. The molecule has 1 aromatic rings. The molecule has 2 rings (SSSR count). The van der Waals surface area contributed by atoms with E-state index in [1.165, 1.54) is 12.8 Å². The van der Waals surface area contributed by atoms with Gasteiger partial charge in [-0.2, -0.15) is 5.10 Å². The van der Waals surface area contributed by atoms with E-state index in [9.17, 15) is 0 Å². The lowest BCUT2D eigenvalue weighted by molar-refractivity contribution is 0.378. The van der Waals surface area contributed by atoms with Crippen LogP contribution >= 0.6 is 11.6 Å². The van der Waals surface area contributed by atoms with Crippen LogP contribution in [-0.4, -0.2) is 27.1 Å². The number of nitrogens with zero attached hydrogens (tertiary/aromatic N) is 3. The van der Waals surface area contributed by atoms with Gasteiger partial charge in [-0.1, -0.05) is 6.42 Å². The number of halogens is 1. The summed E-state index contributed by atoms with van der Waals surface area (Å²) >= 11 is 6.17. The van der Waals surface area contributed by atoms with Crippen molar-refractivity contribution in [1.82, 2.24) is 15.2 Å². The van der Waals surface area contributed by atoms with E-state index in [2.05, 4.69) is 20.5 Å². The standard InChI is InChI=1S/C12H19ClN4/c1-8-9(2)16-17-12(15-8)14-7-10-4-3-5-11(13)6-10/h10-11H,3-7H2,1-2H3,(H,14,15,17). The first-order chi connectivity index (χ1) is 8.15. The maximum atomic E-state index is 6.17. The summed E-state index contributed by atoms with van der Waals surface area (Å²) < 4.78 is 0. The van der Waals surface area contributed by atoms with Crippen LogP contribution in [0, 0.1) is 19.8 Å². The third-order valence-electron chi connectivity index (χ3n) is 3.36. The van der Waals surface area contributed by atoms with E-state index in [1.807, 2.05) is 13.8 Å². The Morgan fingerprint density at radius 3 is 2.76 bits per heavy atom. The van der Waals surface area contributed by atoms with E-state index in [-0.39, 0.29) is 0 Å². The molecule has 0 saturated heterocycles. The number of nitrogens with one attached hydrogen (secondary N) is 1. The molecule has 17 heavy (non-hydrogen) atoms. The second kappa shape index (κ2) is 5.63. The number of aryl methyl sites for hydroxylation is 2. The topological polar surface area (TPSA) is 50.7 Å². The zero-order valence-corrected chi connectivity index (χ0v) is 11.2. The highest BCUT2D eigenvalue weighted by Crippen LogP contribution is 2.27. The van der Waals surface area contributed by atoms with Crippen molar-refractivity contribution in [1.29, 1.82) is 0 Å². The third kappa shape index (κ3) is 3.53. The van der Waals surface area contributed by atoms with Crippen LogP contribution in [0.25, 0.3) is 0 Å². The summed E-state index contributed by atoms with van der Waals surface area (Å²) in [5, 5.41) is 11.7. The monoisotopic (exact) mass is 254 g/mol. The molecule has 1 saturated carbocycles. The van der Waals surface area contributed by atoms with Gasteiger partial charge in [0.05, 0.1) is 11.4 Å². The molecule has 1 aromatic heterocycles. The molecule has 4 nitrogen and oxygen atoms in total. The second-order valence-corrected chi connectivity index (χ2v) is 5.43. The lowest BCUT2D eigenvalue weighted by atomic mass is 9.89. The van der Waals surface area contributed by atoms with E-state index in [0.29, 0.717) is 17.2 Å². The van der Waals surface area contributed by atoms with Crippen LogP contribution < -0.4 is 5.32 Å². The third-order valence-corrected chi connectivity index (χ3v) is 3.76. The quantitative estimate of drug-likeness (QED) is 0.843. The Kier molecular flexibility index (Phi) is 4.15.